The summed E-state index contributed by atoms with van der Waals surface area (Å²) in [4.78, 5) is 16.0. The number of hydrogen-bond donors (Lipinski definition) is 2. The predicted molar refractivity (Wildman–Crippen MR) is 133 cm³/mol. The van der Waals surface area contributed by atoms with E-state index in [9.17, 15) is 4.79 Å². The molecular weight excluding hydrogens is 412 g/mol. The van der Waals surface area contributed by atoms with Gasteiger partial charge in [-0.3, -0.25) is 4.79 Å². The van der Waals surface area contributed by atoms with E-state index < -0.39 is 0 Å². The predicted octanol–water partition coefficient (Wildman–Crippen LogP) is 5.95. The first-order valence-electron chi connectivity index (χ1n) is 11.9. The van der Waals surface area contributed by atoms with Gasteiger partial charge in [0.2, 0.25) is 5.91 Å². The number of hydrogen-bond acceptors (Lipinski definition) is 3. The van der Waals surface area contributed by atoms with Crippen LogP contribution in [0.15, 0.2) is 53.1 Å². The molecule has 0 saturated heterocycles. The van der Waals surface area contributed by atoms with Gasteiger partial charge in [-0.1, -0.05) is 18.2 Å². The molecule has 5 nitrogen and oxygen atoms in total. The molecule has 1 amide bonds. The first-order chi connectivity index (χ1) is 16.1. The summed E-state index contributed by atoms with van der Waals surface area (Å²) < 4.78 is 12.0. The maximum Gasteiger partial charge on any atom is 0.244 e. The fraction of sp³-hybridized carbons (Fsp3) is 0.321. The second-order valence-corrected chi connectivity index (χ2v) is 8.72. The molecule has 1 aliphatic rings. The molecule has 170 valence electrons. The van der Waals surface area contributed by atoms with Crippen LogP contribution in [0.2, 0.25) is 0 Å². The van der Waals surface area contributed by atoms with Crippen molar-refractivity contribution in [2.45, 2.75) is 46.0 Å². The van der Waals surface area contributed by atoms with Crippen molar-refractivity contribution in [3.05, 3.63) is 71.1 Å². The number of aryl methyl sites for hydroxylation is 2. The summed E-state index contributed by atoms with van der Waals surface area (Å²) in [6.45, 7) is 5.08. The van der Waals surface area contributed by atoms with Gasteiger partial charge >= 0.3 is 0 Å². The highest BCUT2D eigenvalue weighted by atomic mass is 16.5. The number of benzene rings is 2. The standard InChI is InChI=1S/C28H30N2O3/c1-3-32-26-16-27-23(21-9-5-7-11-25(21)33-27)15-22(26)18(2)14-28(31)29-13-12-19-17-30-24-10-6-4-8-20(19)24/h4,6,8,10,14-17,30H,3,5,7,9,11-13H2,1-2H3,(H,29,31)/b18-14+. The fourth-order valence-electron chi connectivity index (χ4n) is 4.86. The lowest BCUT2D eigenvalue weighted by atomic mass is 9.94. The Balaban J connectivity index is 1.34. The van der Waals surface area contributed by atoms with Crippen molar-refractivity contribution in [3.63, 3.8) is 0 Å². The van der Waals surface area contributed by atoms with Gasteiger partial charge in [-0.25, -0.2) is 0 Å². The average Bonchev–Trinajstić information content (AvgIpc) is 3.39. The number of fused-ring (bicyclic) bond motifs is 4. The fourth-order valence-corrected chi connectivity index (χ4v) is 4.86. The van der Waals surface area contributed by atoms with E-state index in [0.29, 0.717) is 13.2 Å². The van der Waals surface area contributed by atoms with Crippen LogP contribution in [-0.2, 0) is 24.1 Å². The van der Waals surface area contributed by atoms with Crippen LogP contribution < -0.4 is 10.1 Å². The van der Waals surface area contributed by atoms with E-state index in [0.717, 1.165) is 58.4 Å². The Kier molecular flexibility index (Phi) is 5.95. The molecule has 33 heavy (non-hydrogen) atoms. The molecule has 0 bridgehead atoms. The molecule has 4 aromatic rings. The van der Waals surface area contributed by atoms with Crippen molar-refractivity contribution in [1.82, 2.24) is 10.3 Å². The lowest BCUT2D eigenvalue weighted by molar-refractivity contribution is -0.116. The molecule has 5 heteroatoms. The van der Waals surface area contributed by atoms with Gasteiger partial charge in [0.05, 0.1) is 6.61 Å². The molecule has 2 aromatic carbocycles. The minimum atomic E-state index is -0.0934. The minimum absolute atomic E-state index is 0.0934. The van der Waals surface area contributed by atoms with E-state index >= 15 is 0 Å². The highest BCUT2D eigenvalue weighted by molar-refractivity contribution is 5.97. The molecule has 0 unspecified atom stereocenters. The molecule has 2 heterocycles. The quantitative estimate of drug-likeness (QED) is 0.347. The summed E-state index contributed by atoms with van der Waals surface area (Å²) in [5.74, 6) is 1.77. The number of aromatic nitrogens is 1. The normalized spacial score (nSPS) is 13.9. The van der Waals surface area contributed by atoms with Gasteiger partial charge in [-0.05, 0) is 62.8 Å². The molecule has 1 aliphatic carbocycles. The topological polar surface area (TPSA) is 67.3 Å². The van der Waals surface area contributed by atoms with Crippen LogP contribution in [0.25, 0.3) is 27.4 Å². The van der Waals surface area contributed by atoms with Crippen molar-refractivity contribution < 1.29 is 13.9 Å². The third-order valence-electron chi connectivity index (χ3n) is 6.50. The van der Waals surface area contributed by atoms with Crippen molar-refractivity contribution in [2.24, 2.45) is 0 Å². The zero-order valence-corrected chi connectivity index (χ0v) is 19.3. The summed E-state index contributed by atoms with van der Waals surface area (Å²) in [6, 6.07) is 12.3. The number of amides is 1. The van der Waals surface area contributed by atoms with Gasteiger partial charge < -0.3 is 19.5 Å². The largest absolute Gasteiger partial charge is 0.493 e. The summed E-state index contributed by atoms with van der Waals surface area (Å²) in [7, 11) is 0. The molecule has 0 spiro atoms. The van der Waals surface area contributed by atoms with Crippen molar-refractivity contribution in [2.75, 3.05) is 13.2 Å². The lowest BCUT2D eigenvalue weighted by Crippen LogP contribution is -2.23. The molecular formula is C28H30N2O3. The summed E-state index contributed by atoms with van der Waals surface area (Å²) >= 11 is 0. The van der Waals surface area contributed by atoms with Crippen LogP contribution in [0.5, 0.6) is 5.75 Å². The highest BCUT2D eigenvalue weighted by Gasteiger charge is 2.20. The third kappa shape index (κ3) is 4.28. The van der Waals surface area contributed by atoms with Gasteiger partial charge in [0.1, 0.15) is 17.1 Å². The number of furan rings is 1. The lowest BCUT2D eigenvalue weighted by Gasteiger charge is -2.12. The maximum atomic E-state index is 12.7. The van der Waals surface area contributed by atoms with E-state index in [4.69, 9.17) is 9.15 Å². The monoisotopic (exact) mass is 442 g/mol. The number of H-pyrrole nitrogens is 1. The summed E-state index contributed by atoms with van der Waals surface area (Å²) in [5, 5.41) is 5.39. The highest BCUT2D eigenvalue weighted by Crippen LogP contribution is 2.38. The Morgan fingerprint density at radius 2 is 2.03 bits per heavy atom. The van der Waals surface area contributed by atoms with E-state index in [-0.39, 0.29) is 5.91 Å². The number of para-hydroxylation sites is 1. The Bertz CT molecular complexity index is 1340. The Labute approximate surface area is 193 Å². The first kappa shape index (κ1) is 21.4. The summed E-state index contributed by atoms with van der Waals surface area (Å²) in [6.07, 6.45) is 8.88. The number of aromatic amines is 1. The zero-order valence-electron chi connectivity index (χ0n) is 19.3. The van der Waals surface area contributed by atoms with E-state index in [1.165, 1.54) is 29.4 Å². The Hall–Kier alpha value is -3.47. The molecule has 0 radical (unpaired) electrons. The van der Waals surface area contributed by atoms with E-state index in [1.807, 2.05) is 38.2 Å². The number of allylic oxidation sites excluding steroid dienone is 1. The molecule has 0 fully saturated rings. The van der Waals surface area contributed by atoms with E-state index in [2.05, 4.69) is 28.5 Å². The zero-order chi connectivity index (χ0) is 22.8. The van der Waals surface area contributed by atoms with Crippen molar-refractivity contribution >= 4 is 33.4 Å². The number of nitrogens with one attached hydrogen (secondary N) is 2. The van der Waals surface area contributed by atoms with Crippen LogP contribution in [0.1, 0.15) is 49.1 Å². The molecule has 0 saturated carbocycles. The van der Waals surface area contributed by atoms with Crippen molar-refractivity contribution in [1.29, 1.82) is 0 Å². The second-order valence-electron chi connectivity index (χ2n) is 8.72. The summed E-state index contributed by atoms with van der Waals surface area (Å²) in [5.41, 5.74) is 6.36. The number of carbonyl (C=O) groups excluding carboxylic acids is 1. The van der Waals surface area contributed by atoms with Crippen LogP contribution >= 0.6 is 0 Å². The number of rotatable bonds is 7. The second kappa shape index (κ2) is 9.18. The van der Waals surface area contributed by atoms with Gasteiger partial charge in [0.15, 0.2) is 0 Å². The van der Waals surface area contributed by atoms with Gasteiger partial charge in [-0.15, -0.1) is 0 Å². The SMILES string of the molecule is CCOc1cc2oc3c(c2cc1/C(C)=C/C(=O)NCCc1c[nH]c2ccccc12)CCCC3. The number of carbonyl (C=O) groups is 1. The number of ether oxygens (including phenoxy) is 1. The van der Waals surface area contributed by atoms with Crippen LogP contribution in [0.4, 0.5) is 0 Å². The molecule has 2 aromatic heterocycles. The molecule has 0 aliphatic heterocycles. The Morgan fingerprint density at radius 1 is 1.18 bits per heavy atom. The maximum absolute atomic E-state index is 12.7. The van der Waals surface area contributed by atoms with Crippen LogP contribution in [0.3, 0.4) is 0 Å². The smallest absolute Gasteiger partial charge is 0.244 e. The average molecular weight is 443 g/mol. The van der Waals surface area contributed by atoms with Crippen LogP contribution in [-0.4, -0.2) is 24.0 Å². The third-order valence-corrected chi connectivity index (χ3v) is 6.50. The Morgan fingerprint density at radius 3 is 2.91 bits per heavy atom. The van der Waals surface area contributed by atoms with Gasteiger partial charge in [0, 0.05) is 58.7 Å². The van der Waals surface area contributed by atoms with Crippen molar-refractivity contribution in [3.8, 4) is 5.75 Å². The van der Waals surface area contributed by atoms with Gasteiger partial charge in [0.25, 0.3) is 0 Å². The molecule has 0 atom stereocenters. The van der Waals surface area contributed by atoms with E-state index in [1.54, 1.807) is 6.08 Å². The first-order valence-corrected chi connectivity index (χ1v) is 11.9. The molecule has 2 N–H and O–H groups in total. The van der Waals surface area contributed by atoms with Crippen LogP contribution in [0, 0.1) is 0 Å². The minimum Gasteiger partial charge on any atom is -0.493 e. The van der Waals surface area contributed by atoms with Gasteiger partial charge in [-0.2, -0.15) is 0 Å². The molecule has 5 rings (SSSR count).